The average molecular weight is 543 g/mol. The molecule has 39 heavy (non-hydrogen) atoms. The van der Waals surface area contributed by atoms with Crippen LogP contribution in [0.3, 0.4) is 0 Å². The second kappa shape index (κ2) is 16.0. The van der Waals surface area contributed by atoms with Gasteiger partial charge in [-0.05, 0) is 95.3 Å². The maximum absolute atomic E-state index is 11.5. The Balaban J connectivity index is 1.45. The lowest BCUT2D eigenvalue weighted by Gasteiger charge is -2.31. The van der Waals surface area contributed by atoms with Crippen LogP contribution in [0.2, 0.25) is 0 Å². The summed E-state index contributed by atoms with van der Waals surface area (Å²) in [5.41, 5.74) is 1.54. The van der Waals surface area contributed by atoms with E-state index >= 15 is 0 Å². The number of carbonyl (C=O) groups excluding carboxylic acids is 1. The fraction of sp³-hybridized carbons (Fsp3) is 0.788. The molecule has 6 heteroatoms. The minimum Gasteiger partial charge on any atom is -0.469 e. The molecule has 0 bridgehead atoms. The van der Waals surface area contributed by atoms with E-state index in [9.17, 15) is 4.79 Å². The molecule has 0 aromatic carbocycles. The number of carbonyl (C=O) groups is 1. The quantitative estimate of drug-likeness (QED) is 0.118. The van der Waals surface area contributed by atoms with Gasteiger partial charge in [-0.3, -0.25) is 4.79 Å². The van der Waals surface area contributed by atoms with E-state index in [1.807, 2.05) is 6.92 Å². The Kier molecular flexibility index (Phi) is 12.4. The van der Waals surface area contributed by atoms with Gasteiger partial charge in [0.05, 0.1) is 19.3 Å². The second-order valence-electron chi connectivity index (χ2n) is 11.8. The van der Waals surface area contributed by atoms with Gasteiger partial charge in [-0.25, -0.2) is 0 Å². The third-order valence-corrected chi connectivity index (χ3v) is 8.93. The molecule has 6 nitrogen and oxygen atoms in total. The van der Waals surface area contributed by atoms with Crippen molar-refractivity contribution >= 4 is 5.97 Å². The summed E-state index contributed by atoms with van der Waals surface area (Å²) in [6.07, 6.45) is 19.9. The Bertz CT molecular complexity index is 872. The van der Waals surface area contributed by atoms with E-state index in [1.165, 1.54) is 19.1 Å². The molecule has 0 radical (unpaired) electrons. The molecule has 2 heterocycles. The summed E-state index contributed by atoms with van der Waals surface area (Å²) >= 11 is 0. The Morgan fingerprint density at radius 1 is 1.10 bits per heavy atom. The molecule has 2 saturated carbocycles. The van der Waals surface area contributed by atoms with Crippen molar-refractivity contribution in [1.29, 1.82) is 0 Å². The van der Waals surface area contributed by atoms with Crippen molar-refractivity contribution in [1.82, 2.24) is 0 Å². The number of hydrogen-bond acceptors (Lipinski definition) is 6. The van der Waals surface area contributed by atoms with Gasteiger partial charge in [-0.1, -0.05) is 30.7 Å². The van der Waals surface area contributed by atoms with Gasteiger partial charge in [0.2, 0.25) is 0 Å². The summed E-state index contributed by atoms with van der Waals surface area (Å²) in [5, 5.41) is 0. The van der Waals surface area contributed by atoms with Crippen LogP contribution in [0.4, 0.5) is 0 Å². The molecular weight excluding hydrogens is 492 g/mol. The lowest BCUT2D eigenvalue weighted by molar-refractivity contribution is -0.193. The summed E-state index contributed by atoms with van der Waals surface area (Å²) in [6.45, 7) is 5.71. The van der Waals surface area contributed by atoms with Crippen LogP contribution in [0.15, 0.2) is 23.8 Å². The SMILES string of the molecule is CC#CCC(C)[C@@H](C=C[C@H]1[C@@H]2CC(=CCCCC(=O)OC)C[C@H]2C[C@H]1OC1CCCCO1)OC1CCCCO1. The average Bonchev–Trinajstić information content (AvgIpc) is 3.50. The number of esters is 1. The van der Waals surface area contributed by atoms with E-state index in [-0.39, 0.29) is 36.7 Å². The van der Waals surface area contributed by atoms with Gasteiger partial charge in [-0.2, -0.15) is 0 Å². The van der Waals surface area contributed by atoms with Crippen LogP contribution in [0.25, 0.3) is 0 Å². The Labute approximate surface area is 236 Å². The first-order chi connectivity index (χ1) is 19.1. The smallest absolute Gasteiger partial charge is 0.305 e. The molecule has 4 fully saturated rings. The predicted octanol–water partition coefficient (Wildman–Crippen LogP) is 6.73. The molecule has 0 amide bonds. The molecule has 4 rings (SSSR count). The van der Waals surface area contributed by atoms with Gasteiger partial charge >= 0.3 is 5.97 Å². The third kappa shape index (κ3) is 9.18. The third-order valence-electron chi connectivity index (χ3n) is 8.93. The van der Waals surface area contributed by atoms with E-state index in [2.05, 4.69) is 37.0 Å². The highest BCUT2D eigenvalue weighted by Crippen LogP contribution is 2.52. The summed E-state index contributed by atoms with van der Waals surface area (Å²) < 4.78 is 29.9. The van der Waals surface area contributed by atoms with E-state index in [0.717, 1.165) is 83.8 Å². The zero-order valence-electron chi connectivity index (χ0n) is 24.4. The van der Waals surface area contributed by atoms with E-state index < -0.39 is 0 Å². The fourth-order valence-electron chi connectivity index (χ4n) is 6.71. The topological polar surface area (TPSA) is 63.2 Å². The van der Waals surface area contributed by atoms with E-state index in [1.54, 1.807) is 0 Å². The Hall–Kier alpha value is -1.65. The Morgan fingerprint density at radius 2 is 1.87 bits per heavy atom. The summed E-state index contributed by atoms with van der Waals surface area (Å²) in [6, 6.07) is 0. The first-order valence-electron chi connectivity index (χ1n) is 15.4. The van der Waals surface area contributed by atoms with Gasteiger partial charge in [0.25, 0.3) is 0 Å². The van der Waals surface area contributed by atoms with Crippen molar-refractivity contribution in [3.05, 3.63) is 23.8 Å². The Morgan fingerprint density at radius 3 is 2.56 bits per heavy atom. The van der Waals surface area contributed by atoms with Crippen LogP contribution in [0, 0.1) is 35.5 Å². The molecule has 0 aromatic heterocycles. The lowest BCUT2D eigenvalue weighted by Crippen LogP contribution is -2.32. The normalized spacial score (nSPS) is 33.5. The summed E-state index contributed by atoms with van der Waals surface area (Å²) in [4.78, 5) is 11.5. The van der Waals surface area contributed by atoms with Gasteiger partial charge in [0, 0.05) is 32.0 Å². The van der Waals surface area contributed by atoms with Crippen molar-refractivity contribution in [2.24, 2.45) is 23.7 Å². The van der Waals surface area contributed by atoms with Gasteiger partial charge in [-0.15, -0.1) is 11.8 Å². The lowest BCUT2D eigenvalue weighted by atomic mass is 9.89. The molecule has 0 spiro atoms. The fourth-order valence-corrected chi connectivity index (χ4v) is 6.71. The first kappa shape index (κ1) is 30.3. The maximum atomic E-state index is 11.5. The highest BCUT2D eigenvalue weighted by molar-refractivity contribution is 5.69. The molecule has 4 aliphatic rings. The van der Waals surface area contributed by atoms with Crippen molar-refractivity contribution in [3.8, 4) is 11.8 Å². The first-order valence-corrected chi connectivity index (χ1v) is 15.4. The van der Waals surface area contributed by atoms with E-state index in [4.69, 9.17) is 23.7 Å². The number of fused-ring (bicyclic) bond motifs is 1. The second-order valence-corrected chi connectivity index (χ2v) is 11.8. The van der Waals surface area contributed by atoms with Crippen LogP contribution in [0.1, 0.15) is 97.3 Å². The number of hydrogen-bond donors (Lipinski definition) is 0. The number of ether oxygens (including phenoxy) is 5. The van der Waals surface area contributed by atoms with E-state index in [0.29, 0.717) is 24.2 Å². The van der Waals surface area contributed by atoms with Crippen LogP contribution in [-0.4, -0.2) is 51.1 Å². The molecular formula is C33H50O6. The van der Waals surface area contributed by atoms with Crippen LogP contribution in [0.5, 0.6) is 0 Å². The minimum absolute atomic E-state index is 0.0330. The summed E-state index contributed by atoms with van der Waals surface area (Å²) in [7, 11) is 1.46. The van der Waals surface area contributed by atoms with Crippen molar-refractivity contribution < 1.29 is 28.5 Å². The molecule has 2 aliphatic heterocycles. The molecule has 2 aliphatic carbocycles. The van der Waals surface area contributed by atoms with Gasteiger partial charge in [0.15, 0.2) is 12.6 Å². The number of unbranched alkanes of at least 4 members (excludes halogenated alkanes) is 1. The molecule has 3 unspecified atom stereocenters. The summed E-state index contributed by atoms with van der Waals surface area (Å²) in [5.74, 6) is 7.99. The zero-order valence-corrected chi connectivity index (χ0v) is 24.4. The van der Waals surface area contributed by atoms with Crippen molar-refractivity contribution in [3.63, 3.8) is 0 Å². The highest BCUT2D eigenvalue weighted by atomic mass is 16.7. The van der Waals surface area contributed by atoms with Crippen molar-refractivity contribution in [2.45, 2.75) is 122 Å². The minimum atomic E-state index is -0.129. The zero-order chi connectivity index (χ0) is 27.5. The van der Waals surface area contributed by atoms with Crippen LogP contribution in [-0.2, 0) is 28.5 Å². The van der Waals surface area contributed by atoms with Crippen LogP contribution >= 0.6 is 0 Å². The van der Waals surface area contributed by atoms with Crippen LogP contribution < -0.4 is 0 Å². The standard InChI is InChI=1S/C33H50O6/c1-4-5-12-24(2)29(38-32-15-8-10-19-36-32)18-17-27-28-22-25(13-6-7-14-31(34)35-3)21-26(28)23-30(27)39-33-16-9-11-20-37-33/h13,17-18,24,26-30,32-33H,6-12,14-16,19-23H2,1-3H3/t24?,26-,27-,28+,29+,30+,32?,33?/m0/s1. The monoisotopic (exact) mass is 542 g/mol. The predicted molar refractivity (Wildman–Crippen MR) is 152 cm³/mol. The number of rotatable bonds is 12. The molecule has 2 saturated heterocycles. The number of methoxy groups -OCH3 is 1. The largest absolute Gasteiger partial charge is 0.469 e. The molecule has 8 atom stereocenters. The molecule has 0 N–H and O–H groups in total. The van der Waals surface area contributed by atoms with Gasteiger partial charge in [0.1, 0.15) is 0 Å². The molecule has 0 aromatic rings. The molecule has 218 valence electrons. The van der Waals surface area contributed by atoms with Crippen molar-refractivity contribution in [2.75, 3.05) is 20.3 Å². The number of allylic oxidation sites excluding steroid dienone is 2. The maximum Gasteiger partial charge on any atom is 0.305 e. The van der Waals surface area contributed by atoms with Gasteiger partial charge < -0.3 is 23.7 Å². The highest BCUT2D eigenvalue weighted by Gasteiger charge is 2.47.